The third kappa shape index (κ3) is 5.61. The fourth-order valence-corrected chi connectivity index (χ4v) is 2.40. The van der Waals surface area contributed by atoms with Gasteiger partial charge in [-0.15, -0.1) is 0 Å². The molecule has 0 saturated heterocycles. The zero-order valence-corrected chi connectivity index (χ0v) is 11.7. The van der Waals surface area contributed by atoms with Gasteiger partial charge >= 0.3 is 0 Å². The van der Waals surface area contributed by atoms with E-state index in [1.807, 2.05) is 12.4 Å². The molecular formula is C15H27N3. The molecule has 3 N–H and O–H groups in total. The molecule has 0 aliphatic carbocycles. The zero-order chi connectivity index (χ0) is 13.2. The number of pyridine rings is 1. The molecule has 0 aromatic carbocycles. The molecule has 0 aliphatic heterocycles. The molecule has 0 fully saturated rings. The smallest absolute Gasteiger partial charge is 0.0270 e. The second-order valence-electron chi connectivity index (χ2n) is 5.08. The summed E-state index contributed by atoms with van der Waals surface area (Å²) in [5, 5.41) is 0. The van der Waals surface area contributed by atoms with Crippen molar-refractivity contribution in [3.8, 4) is 0 Å². The molecule has 0 bridgehead atoms. The molecule has 102 valence electrons. The van der Waals surface area contributed by atoms with Gasteiger partial charge in [-0.25, -0.2) is 0 Å². The summed E-state index contributed by atoms with van der Waals surface area (Å²) in [6, 6.07) is 4.50. The van der Waals surface area contributed by atoms with Gasteiger partial charge in [0.2, 0.25) is 0 Å². The van der Waals surface area contributed by atoms with Crippen molar-refractivity contribution in [2.45, 2.75) is 58.4 Å². The van der Waals surface area contributed by atoms with Gasteiger partial charge in [-0.2, -0.15) is 0 Å². The predicted molar refractivity (Wildman–Crippen MR) is 77.0 cm³/mol. The summed E-state index contributed by atoms with van der Waals surface area (Å²) in [5.41, 5.74) is 4.28. The van der Waals surface area contributed by atoms with Crippen molar-refractivity contribution in [2.75, 3.05) is 0 Å². The minimum absolute atomic E-state index is 0.370. The number of nitrogens with one attached hydrogen (secondary N) is 1. The molecule has 2 atom stereocenters. The van der Waals surface area contributed by atoms with Gasteiger partial charge < -0.3 is 0 Å². The number of nitrogens with zero attached hydrogens (tertiary/aromatic N) is 1. The van der Waals surface area contributed by atoms with Crippen molar-refractivity contribution in [3.05, 3.63) is 30.1 Å². The van der Waals surface area contributed by atoms with Crippen molar-refractivity contribution in [1.29, 1.82) is 0 Å². The summed E-state index contributed by atoms with van der Waals surface area (Å²) in [7, 11) is 0. The molecule has 0 amide bonds. The highest BCUT2D eigenvalue weighted by Crippen LogP contribution is 2.19. The molecular weight excluding hydrogens is 222 g/mol. The van der Waals surface area contributed by atoms with Crippen molar-refractivity contribution >= 4 is 0 Å². The molecule has 2 unspecified atom stereocenters. The standard InChI is InChI=1S/C15H27N3/c1-3-5-6-13(4-2)11-15(18-16)12-14-7-9-17-10-8-14/h7-10,13,15,18H,3-6,11-12,16H2,1-2H3. The van der Waals surface area contributed by atoms with Crippen LogP contribution in [0.25, 0.3) is 0 Å². The van der Waals surface area contributed by atoms with Gasteiger partial charge in [0.1, 0.15) is 0 Å². The molecule has 3 nitrogen and oxygen atoms in total. The molecule has 0 radical (unpaired) electrons. The van der Waals surface area contributed by atoms with E-state index >= 15 is 0 Å². The number of hydrazine groups is 1. The SMILES string of the molecule is CCCCC(CC)CC(Cc1ccncc1)NN. The quantitative estimate of drug-likeness (QED) is 0.522. The van der Waals surface area contributed by atoms with Crippen LogP contribution in [0.2, 0.25) is 0 Å². The van der Waals surface area contributed by atoms with Crippen LogP contribution in [0.4, 0.5) is 0 Å². The Labute approximate surface area is 111 Å². The molecule has 3 heteroatoms. The zero-order valence-electron chi connectivity index (χ0n) is 11.7. The Morgan fingerprint density at radius 2 is 2.00 bits per heavy atom. The van der Waals surface area contributed by atoms with Crippen LogP contribution in [-0.2, 0) is 6.42 Å². The van der Waals surface area contributed by atoms with E-state index < -0.39 is 0 Å². The lowest BCUT2D eigenvalue weighted by Crippen LogP contribution is -2.38. The summed E-state index contributed by atoms with van der Waals surface area (Å²) in [6.07, 6.45) is 11.0. The van der Waals surface area contributed by atoms with Crippen LogP contribution >= 0.6 is 0 Å². The normalized spacial score (nSPS) is 14.4. The van der Waals surface area contributed by atoms with Gasteiger partial charge in [-0.05, 0) is 36.5 Å². The number of rotatable bonds is 9. The van der Waals surface area contributed by atoms with E-state index in [0.29, 0.717) is 6.04 Å². The molecule has 1 aromatic heterocycles. The molecule has 1 rings (SSSR count). The first-order chi connectivity index (χ1) is 8.80. The van der Waals surface area contributed by atoms with Gasteiger partial charge in [0, 0.05) is 18.4 Å². The Kier molecular flexibility index (Phi) is 7.62. The molecule has 0 aliphatic rings. The Bertz CT molecular complexity index is 300. The van der Waals surface area contributed by atoms with E-state index in [0.717, 1.165) is 18.8 Å². The lowest BCUT2D eigenvalue weighted by Gasteiger charge is -2.22. The first-order valence-corrected chi connectivity index (χ1v) is 7.15. The summed E-state index contributed by atoms with van der Waals surface area (Å²) >= 11 is 0. The summed E-state index contributed by atoms with van der Waals surface area (Å²) in [6.45, 7) is 4.53. The maximum absolute atomic E-state index is 5.69. The molecule has 0 spiro atoms. The molecule has 1 aromatic rings. The Morgan fingerprint density at radius 1 is 1.28 bits per heavy atom. The van der Waals surface area contributed by atoms with Crippen LogP contribution in [0.15, 0.2) is 24.5 Å². The number of aromatic nitrogens is 1. The predicted octanol–water partition coefficient (Wildman–Crippen LogP) is 3.06. The van der Waals surface area contributed by atoms with E-state index in [4.69, 9.17) is 5.84 Å². The fraction of sp³-hybridized carbons (Fsp3) is 0.667. The van der Waals surface area contributed by atoms with Crippen LogP contribution in [0, 0.1) is 5.92 Å². The number of hydrogen-bond acceptors (Lipinski definition) is 3. The maximum Gasteiger partial charge on any atom is 0.0270 e. The minimum Gasteiger partial charge on any atom is -0.271 e. The van der Waals surface area contributed by atoms with Gasteiger partial charge in [-0.3, -0.25) is 16.3 Å². The average Bonchev–Trinajstić information content (AvgIpc) is 2.43. The second kappa shape index (κ2) is 9.06. The fourth-order valence-electron chi connectivity index (χ4n) is 2.40. The highest BCUT2D eigenvalue weighted by Gasteiger charge is 2.14. The first kappa shape index (κ1) is 15.1. The lowest BCUT2D eigenvalue weighted by molar-refractivity contribution is 0.350. The number of nitrogens with two attached hydrogens (primary N) is 1. The van der Waals surface area contributed by atoms with E-state index in [-0.39, 0.29) is 0 Å². The van der Waals surface area contributed by atoms with Crippen LogP contribution in [-0.4, -0.2) is 11.0 Å². The van der Waals surface area contributed by atoms with Crippen molar-refractivity contribution in [1.82, 2.24) is 10.4 Å². The Balaban J connectivity index is 2.45. The van der Waals surface area contributed by atoms with Gasteiger partial charge in [0.05, 0.1) is 0 Å². The largest absolute Gasteiger partial charge is 0.271 e. The van der Waals surface area contributed by atoms with Crippen LogP contribution < -0.4 is 11.3 Å². The maximum atomic E-state index is 5.69. The summed E-state index contributed by atoms with van der Waals surface area (Å²) < 4.78 is 0. The monoisotopic (exact) mass is 249 g/mol. The second-order valence-corrected chi connectivity index (χ2v) is 5.08. The average molecular weight is 249 g/mol. The lowest BCUT2D eigenvalue weighted by atomic mass is 9.90. The van der Waals surface area contributed by atoms with Crippen LogP contribution in [0.3, 0.4) is 0 Å². The van der Waals surface area contributed by atoms with Crippen molar-refractivity contribution in [3.63, 3.8) is 0 Å². The van der Waals surface area contributed by atoms with Gasteiger partial charge in [0.25, 0.3) is 0 Å². The van der Waals surface area contributed by atoms with Crippen molar-refractivity contribution < 1.29 is 0 Å². The van der Waals surface area contributed by atoms with Crippen LogP contribution in [0.5, 0.6) is 0 Å². The third-order valence-corrected chi connectivity index (χ3v) is 3.63. The van der Waals surface area contributed by atoms with E-state index in [1.165, 1.54) is 31.2 Å². The van der Waals surface area contributed by atoms with E-state index in [1.54, 1.807) is 0 Å². The van der Waals surface area contributed by atoms with Crippen LogP contribution in [0.1, 0.15) is 51.5 Å². The topological polar surface area (TPSA) is 50.9 Å². The minimum atomic E-state index is 0.370. The number of unbranched alkanes of at least 4 members (excludes halogenated alkanes) is 1. The van der Waals surface area contributed by atoms with E-state index in [9.17, 15) is 0 Å². The Hall–Kier alpha value is -0.930. The highest BCUT2D eigenvalue weighted by atomic mass is 15.2. The molecule has 18 heavy (non-hydrogen) atoms. The Morgan fingerprint density at radius 3 is 2.56 bits per heavy atom. The first-order valence-electron chi connectivity index (χ1n) is 7.15. The third-order valence-electron chi connectivity index (χ3n) is 3.63. The summed E-state index contributed by atoms with van der Waals surface area (Å²) in [5.74, 6) is 6.47. The highest BCUT2D eigenvalue weighted by molar-refractivity contribution is 5.11. The van der Waals surface area contributed by atoms with E-state index in [2.05, 4.69) is 36.4 Å². The molecule has 0 saturated carbocycles. The van der Waals surface area contributed by atoms with Crippen molar-refractivity contribution in [2.24, 2.45) is 11.8 Å². The number of hydrogen-bond donors (Lipinski definition) is 2. The van der Waals surface area contributed by atoms with Gasteiger partial charge in [0.15, 0.2) is 0 Å². The molecule has 1 heterocycles. The van der Waals surface area contributed by atoms with Gasteiger partial charge in [-0.1, -0.05) is 39.5 Å². The summed E-state index contributed by atoms with van der Waals surface area (Å²) in [4.78, 5) is 4.04.